The minimum Gasteiger partial charge on any atom is -0.493 e. The van der Waals surface area contributed by atoms with E-state index in [1.807, 2.05) is 30.3 Å². The zero-order chi connectivity index (χ0) is 29.2. The van der Waals surface area contributed by atoms with Crippen LogP contribution in [0.2, 0.25) is 0 Å². The predicted molar refractivity (Wildman–Crippen MR) is 164 cm³/mol. The second kappa shape index (κ2) is 13.8. The maximum atomic E-state index is 13.8. The molecule has 0 spiro atoms. The Morgan fingerprint density at radius 2 is 1.66 bits per heavy atom. The number of carbonyl (C=O) groups excluding carboxylic acids is 1. The summed E-state index contributed by atoms with van der Waals surface area (Å²) in [4.78, 5) is 13.4. The van der Waals surface area contributed by atoms with Gasteiger partial charge in [0.25, 0.3) is 15.9 Å². The largest absolute Gasteiger partial charge is 0.493 e. The van der Waals surface area contributed by atoms with Gasteiger partial charge in [0.1, 0.15) is 6.61 Å². The van der Waals surface area contributed by atoms with Crippen molar-refractivity contribution in [3.8, 4) is 11.5 Å². The van der Waals surface area contributed by atoms with Gasteiger partial charge in [-0.25, -0.2) is 13.8 Å². The van der Waals surface area contributed by atoms with Crippen molar-refractivity contribution in [1.29, 1.82) is 0 Å². The molecular formula is C31H28BrN3O5S. The predicted octanol–water partition coefficient (Wildman–Crippen LogP) is 6.18. The maximum Gasteiger partial charge on any atom is 0.273 e. The van der Waals surface area contributed by atoms with Gasteiger partial charge < -0.3 is 9.47 Å². The molecule has 0 atom stereocenters. The molecule has 10 heteroatoms. The second-order valence-electron chi connectivity index (χ2n) is 8.66. The van der Waals surface area contributed by atoms with Crippen molar-refractivity contribution >= 4 is 43.8 Å². The lowest BCUT2D eigenvalue weighted by Gasteiger charge is -2.26. The van der Waals surface area contributed by atoms with Crippen LogP contribution >= 0.6 is 15.9 Å². The number of hydrazone groups is 1. The molecule has 0 fully saturated rings. The van der Waals surface area contributed by atoms with Crippen LogP contribution in [0, 0.1) is 0 Å². The summed E-state index contributed by atoms with van der Waals surface area (Å²) < 4.78 is 40.6. The molecule has 210 valence electrons. The molecule has 0 saturated heterocycles. The molecule has 8 nitrogen and oxygen atoms in total. The number of nitrogens with zero attached hydrogens (tertiary/aromatic N) is 2. The van der Waals surface area contributed by atoms with Crippen LogP contribution in [0.15, 0.2) is 124 Å². The molecule has 0 radical (unpaired) electrons. The van der Waals surface area contributed by atoms with Crippen molar-refractivity contribution < 1.29 is 22.7 Å². The van der Waals surface area contributed by atoms with Crippen molar-refractivity contribution in [2.45, 2.75) is 11.4 Å². The minimum atomic E-state index is -4.02. The second-order valence-corrected chi connectivity index (χ2v) is 11.4. The third kappa shape index (κ3) is 7.22. The number of hydrogen-bond donors (Lipinski definition) is 1. The number of ether oxygens (including phenoxy) is 2. The molecule has 41 heavy (non-hydrogen) atoms. The quantitative estimate of drug-likeness (QED) is 0.114. The fourth-order valence-electron chi connectivity index (χ4n) is 3.97. The van der Waals surface area contributed by atoms with E-state index in [0.717, 1.165) is 5.56 Å². The van der Waals surface area contributed by atoms with E-state index in [4.69, 9.17) is 9.47 Å². The standard InChI is InChI=1S/C31H28BrN3O5S/c1-3-18-40-30-27(32)19-24(20-29(30)39-2)21-33-34-31(36)26-16-10-11-17-28(26)35(22-23-12-6-4-7-13-23)41(37,38)25-14-8-5-9-15-25/h3-17,19-21H,1,18,22H2,2H3,(H,34,36)/b33-21-. The summed E-state index contributed by atoms with van der Waals surface area (Å²) in [7, 11) is -2.50. The molecule has 0 bridgehead atoms. The van der Waals surface area contributed by atoms with Crippen molar-refractivity contribution in [1.82, 2.24) is 5.43 Å². The lowest BCUT2D eigenvalue weighted by atomic mass is 10.1. The van der Waals surface area contributed by atoms with Crippen molar-refractivity contribution in [2.24, 2.45) is 5.10 Å². The number of hydrogen-bond acceptors (Lipinski definition) is 6. The molecule has 1 amide bonds. The molecule has 0 heterocycles. The Bertz CT molecular complexity index is 1650. The van der Waals surface area contributed by atoms with Gasteiger partial charge in [0.05, 0.1) is 40.5 Å². The van der Waals surface area contributed by atoms with E-state index in [-0.39, 0.29) is 22.7 Å². The highest BCUT2D eigenvalue weighted by Crippen LogP contribution is 2.36. The molecular weight excluding hydrogens is 606 g/mol. The number of amides is 1. The molecule has 0 aliphatic carbocycles. The minimum absolute atomic E-state index is 0.0275. The Kier molecular flexibility index (Phi) is 9.94. The molecule has 0 aromatic heterocycles. The molecule has 1 N–H and O–H groups in total. The van der Waals surface area contributed by atoms with Gasteiger partial charge in [0.2, 0.25) is 0 Å². The number of carbonyl (C=O) groups is 1. The van der Waals surface area contributed by atoms with E-state index in [1.54, 1.807) is 60.7 Å². The summed E-state index contributed by atoms with van der Waals surface area (Å²) in [6.07, 6.45) is 3.08. The molecule has 0 aliphatic heterocycles. The maximum absolute atomic E-state index is 13.8. The van der Waals surface area contributed by atoms with Crippen LogP contribution in [-0.4, -0.2) is 34.3 Å². The first-order valence-corrected chi connectivity index (χ1v) is 14.7. The van der Waals surface area contributed by atoms with Gasteiger partial charge in [-0.05, 0) is 63.5 Å². The lowest BCUT2D eigenvalue weighted by Crippen LogP contribution is -2.33. The highest BCUT2D eigenvalue weighted by atomic mass is 79.9. The van der Waals surface area contributed by atoms with Gasteiger partial charge in [0.15, 0.2) is 11.5 Å². The highest BCUT2D eigenvalue weighted by Gasteiger charge is 2.28. The molecule has 4 aromatic rings. The molecule has 0 aliphatic rings. The van der Waals surface area contributed by atoms with E-state index >= 15 is 0 Å². The summed E-state index contributed by atoms with van der Waals surface area (Å²) in [6, 6.07) is 27.3. The SMILES string of the molecule is C=CCOc1c(Br)cc(/C=N\NC(=O)c2ccccc2N(Cc2ccccc2)S(=O)(=O)c2ccccc2)cc1OC. The van der Waals surface area contributed by atoms with Crippen molar-refractivity contribution in [3.05, 3.63) is 131 Å². The highest BCUT2D eigenvalue weighted by molar-refractivity contribution is 9.10. The Labute approximate surface area is 248 Å². The number of benzene rings is 4. The van der Waals surface area contributed by atoms with Gasteiger partial charge in [-0.1, -0.05) is 73.3 Å². The van der Waals surface area contributed by atoms with Gasteiger partial charge in [-0.15, -0.1) is 0 Å². The smallest absolute Gasteiger partial charge is 0.273 e. The van der Waals surface area contributed by atoms with Gasteiger partial charge in [0, 0.05) is 0 Å². The van der Waals surface area contributed by atoms with Crippen molar-refractivity contribution in [2.75, 3.05) is 18.0 Å². The summed E-state index contributed by atoms with van der Waals surface area (Å²) in [6.45, 7) is 3.98. The lowest BCUT2D eigenvalue weighted by molar-refractivity contribution is 0.0955. The van der Waals surface area contributed by atoms with Gasteiger partial charge in [-0.3, -0.25) is 9.10 Å². The Balaban J connectivity index is 1.64. The van der Waals surface area contributed by atoms with Crippen LogP contribution in [0.5, 0.6) is 11.5 Å². The number of halogens is 1. The van der Waals surface area contributed by atoms with E-state index in [1.165, 1.54) is 29.8 Å². The normalized spacial score (nSPS) is 11.2. The van der Waals surface area contributed by atoms with E-state index in [9.17, 15) is 13.2 Å². The van der Waals surface area contributed by atoms with Crippen molar-refractivity contribution in [3.63, 3.8) is 0 Å². The van der Waals surface area contributed by atoms with Crippen LogP contribution in [0.3, 0.4) is 0 Å². The molecule has 0 saturated carbocycles. The number of nitrogens with one attached hydrogen (secondary N) is 1. The Morgan fingerprint density at radius 3 is 2.34 bits per heavy atom. The summed E-state index contributed by atoms with van der Waals surface area (Å²) in [5.41, 5.74) is 4.27. The van der Waals surface area contributed by atoms with Crippen LogP contribution in [0.25, 0.3) is 0 Å². The van der Waals surface area contributed by atoms with Gasteiger partial charge in [-0.2, -0.15) is 5.10 Å². The first kappa shape index (κ1) is 29.6. The summed E-state index contributed by atoms with van der Waals surface area (Å²) in [5, 5.41) is 4.11. The third-order valence-electron chi connectivity index (χ3n) is 5.89. The first-order valence-electron chi connectivity index (χ1n) is 12.5. The van der Waals surface area contributed by atoms with E-state index < -0.39 is 15.9 Å². The topological polar surface area (TPSA) is 97.3 Å². The number of anilines is 1. The summed E-state index contributed by atoms with van der Waals surface area (Å²) >= 11 is 3.47. The van der Waals surface area contributed by atoms with Crippen LogP contribution in [0.1, 0.15) is 21.5 Å². The summed E-state index contributed by atoms with van der Waals surface area (Å²) in [5.74, 6) is 0.415. The zero-order valence-corrected chi connectivity index (χ0v) is 24.6. The monoisotopic (exact) mass is 633 g/mol. The number of methoxy groups -OCH3 is 1. The fourth-order valence-corrected chi connectivity index (χ4v) is 6.04. The van der Waals surface area contributed by atoms with E-state index in [2.05, 4.69) is 33.0 Å². The molecule has 4 rings (SSSR count). The third-order valence-corrected chi connectivity index (χ3v) is 8.26. The van der Waals surface area contributed by atoms with Gasteiger partial charge >= 0.3 is 0 Å². The Hall–Kier alpha value is -4.41. The average Bonchev–Trinajstić information content (AvgIpc) is 3.00. The average molecular weight is 635 g/mol. The Morgan fingerprint density at radius 1 is 1.00 bits per heavy atom. The van der Waals surface area contributed by atoms with Crippen LogP contribution in [0.4, 0.5) is 5.69 Å². The number of sulfonamides is 1. The molecule has 0 unspecified atom stereocenters. The zero-order valence-electron chi connectivity index (χ0n) is 22.2. The molecule has 4 aromatic carbocycles. The first-order chi connectivity index (χ1) is 19.8. The van der Waals surface area contributed by atoms with E-state index in [0.29, 0.717) is 28.1 Å². The number of para-hydroxylation sites is 1. The fraction of sp³-hybridized carbons (Fsp3) is 0.0968. The van der Waals surface area contributed by atoms with Crippen LogP contribution < -0.4 is 19.2 Å². The number of rotatable bonds is 12. The van der Waals surface area contributed by atoms with Crippen LogP contribution in [-0.2, 0) is 16.6 Å².